The van der Waals surface area contributed by atoms with Crippen LogP contribution in [0, 0.1) is 6.92 Å². The minimum absolute atomic E-state index is 0.0572. The lowest BCUT2D eigenvalue weighted by molar-refractivity contribution is -0.122. The Hall–Kier alpha value is -3.26. The van der Waals surface area contributed by atoms with Gasteiger partial charge in [-0.05, 0) is 43.2 Å². The number of aromatic nitrogens is 2. The van der Waals surface area contributed by atoms with Crippen LogP contribution in [-0.4, -0.2) is 47.5 Å². The summed E-state index contributed by atoms with van der Waals surface area (Å²) in [5.74, 6) is 1.37. The van der Waals surface area contributed by atoms with Crippen LogP contribution >= 0.6 is 11.8 Å². The van der Waals surface area contributed by atoms with E-state index in [-0.39, 0.29) is 34.8 Å². The van der Waals surface area contributed by atoms with Crippen LogP contribution in [0.1, 0.15) is 61.7 Å². The van der Waals surface area contributed by atoms with Crippen LogP contribution in [0.5, 0.6) is 5.75 Å². The predicted octanol–water partition coefficient (Wildman–Crippen LogP) is 5.18. The topological polar surface area (TPSA) is 76.5 Å². The summed E-state index contributed by atoms with van der Waals surface area (Å²) in [4.78, 5) is 28.2. The third-order valence-corrected chi connectivity index (χ3v) is 7.59. The molecule has 0 bridgehead atoms. The number of aryl methyl sites for hydroxylation is 1. The summed E-state index contributed by atoms with van der Waals surface area (Å²) in [7, 11) is 1.63. The van der Waals surface area contributed by atoms with E-state index in [0.717, 1.165) is 40.2 Å². The Labute approximate surface area is 223 Å². The highest BCUT2D eigenvalue weighted by Crippen LogP contribution is 2.48. The van der Waals surface area contributed by atoms with Gasteiger partial charge in [0.15, 0.2) is 0 Å². The number of nitrogens with zero attached hydrogens (tertiary/aromatic N) is 3. The summed E-state index contributed by atoms with van der Waals surface area (Å²) in [5, 5.41) is 7.94. The second-order valence-electron chi connectivity index (χ2n) is 10.4. The predicted molar refractivity (Wildman–Crippen MR) is 150 cm³/mol. The van der Waals surface area contributed by atoms with Crippen LogP contribution in [0.4, 0.5) is 5.82 Å². The van der Waals surface area contributed by atoms with E-state index in [1.165, 1.54) is 0 Å². The van der Waals surface area contributed by atoms with Gasteiger partial charge in [-0.3, -0.25) is 14.5 Å². The van der Waals surface area contributed by atoms with Gasteiger partial charge in [0.1, 0.15) is 18.1 Å². The molecule has 1 aliphatic rings. The monoisotopic (exact) mass is 520 g/mol. The van der Waals surface area contributed by atoms with Crippen LogP contribution in [0.15, 0.2) is 48.5 Å². The first-order chi connectivity index (χ1) is 17.6. The number of fused-ring (bicyclic) bond motifs is 1. The van der Waals surface area contributed by atoms with E-state index in [9.17, 15) is 9.59 Å². The molecule has 2 aromatic carbocycles. The summed E-state index contributed by atoms with van der Waals surface area (Å²) in [6.45, 7) is 11.0. The molecule has 0 radical (unpaired) electrons. The molecule has 0 saturated heterocycles. The number of carbonyl (C=O) groups excluding carboxylic acids is 2. The normalized spacial score (nSPS) is 15.8. The van der Waals surface area contributed by atoms with Gasteiger partial charge in [-0.15, -0.1) is 11.8 Å². The van der Waals surface area contributed by atoms with Crippen molar-refractivity contribution < 1.29 is 14.3 Å². The first-order valence-corrected chi connectivity index (χ1v) is 13.7. The number of thioether (sulfide) groups is 1. The largest absolute Gasteiger partial charge is 0.497 e. The van der Waals surface area contributed by atoms with Crippen molar-refractivity contribution in [3.63, 3.8) is 0 Å². The van der Waals surface area contributed by atoms with Crippen molar-refractivity contribution in [2.24, 2.45) is 0 Å². The van der Waals surface area contributed by atoms with Crippen molar-refractivity contribution in [1.82, 2.24) is 15.1 Å². The van der Waals surface area contributed by atoms with Crippen molar-refractivity contribution >= 4 is 29.4 Å². The Kier molecular flexibility index (Phi) is 7.97. The molecule has 196 valence electrons. The molecule has 2 amide bonds. The molecule has 1 atom stereocenters. The number of rotatable bonds is 7. The minimum atomic E-state index is -0.298. The van der Waals surface area contributed by atoms with Gasteiger partial charge in [0, 0.05) is 17.5 Å². The van der Waals surface area contributed by atoms with E-state index in [1.807, 2.05) is 35.9 Å². The maximum atomic E-state index is 13.6. The number of hydrogen-bond acceptors (Lipinski definition) is 5. The summed E-state index contributed by atoms with van der Waals surface area (Å²) >= 11 is 1.59. The van der Waals surface area contributed by atoms with E-state index in [2.05, 4.69) is 57.3 Å². The van der Waals surface area contributed by atoms with Gasteiger partial charge in [-0.25, -0.2) is 4.68 Å². The van der Waals surface area contributed by atoms with Crippen LogP contribution in [-0.2, 0) is 15.0 Å². The molecule has 0 aliphatic carbocycles. The molecular formula is C29H36N4O3S. The molecular weight excluding hydrogens is 484 g/mol. The van der Waals surface area contributed by atoms with Crippen LogP contribution < -0.4 is 15.0 Å². The van der Waals surface area contributed by atoms with E-state index in [1.54, 1.807) is 23.8 Å². The molecule has 4 rings (SSSR count). The highest BCUT2D eigenvalue weighted by atomic mass is 32.2. The quantitative estimate of drug-likeness (QED) is 0.464. The molecule has 0 saturated carbocycles. The number of carbonyl (C=O) groups is 2. The van der Waals surface area contributed by atoms with Crippen LogP contribution in [0.3, 0.4) is 0 Å². The number of amides is 2. The van der Waals surface area contributed by atoms with Crippen molar-refractivity contribution in [2.75, 3.05) is 30.9 Å². The van der Waals surface area contributed by atoms with E-state index in [4.69, 9.17) is 9.84 Å². The zero-order chi connectivity index (χ0) is 26.7. The van der Waals surface area contributed by atoms with Gasteiger partial charge in [0.2, 0.25) is 11.8 Å². The first kappa shape index (κ1) is 26.8. The first-order valence-electron chi connectivity index (χ1n) is 12.7. The lowest BCUT2D eigenvalue weighted by atomic mass is 9.87. The Morgan fingerprint density at radius 2 is 1.92 bits per heavy atom. The number of hydrogen-bond donors (Lipinski definition) is 1. The molecule has 7 nitrogen and oxygen atoms in total. The zero-order valence-corrected chi connectivity index (χ0v) is 23.3. The molecule has 37 heavy (non-hydrogen) atoms. The maximum Gasteiger partial charge on any atom is 0.240 e. The molecule has 1 aromatic heterocycles. The Morgan fingerprint density at radius 1 is 1.19 bits per heavy atom. The molecule has 3 aromatic rings. The van der Waals surface area contributed by atoms with Gasteiger partial charge in [-0.2, -0.15) is 5.10 Å². The smallest absolute Gasteiger partial charge is 0.240 e. The van der Waals surface area contributed by atoms with Gasteiger partial charge in [0.25, 0.3) is 0 Å². The van der Waals surface area contributed by atoms with Gasteiger partial charge < -0.3 is 10.1 Å². The SMILES string of the molecule is CCCNC(=O)CN1C(=O)CSC(c2cccc(C)c2)c2c(C(C)(C)C)nn(-c3ccc(OC)cc3)c21. The average Bonchev–Trinajstić information content (AvgIpc) is 3.20. The number of nitrogens with one attached hydrogen (secondary N) is 1. The number of anilines is 1. The molecule has 1 unspecified atom stereocenters. The second kappa shape index (κ2) is 11.0. The maximum absolute atomic E-state index is 13.6. The van der Waals surface area contributed by atoms with E-state index < -0.39 is 0 Å². The van der Waals surface area contributed by atoms with Crippen molar-refractivity contribution in [1.29, 1.82) is 0 Å². The fourth-order valence-electron chi connectivity index (χ4n) is 4.54. The number of benzene rings is 2. The fourth-order valence-corrected chi connectivity index (χ4v) is 5.72. The van der Waals surface area contributed by atoms with Gasteiger partial charge >= 0.3 is 0 Å². The fraction of sp³-hybridized carbons (Fsp3) is 0.414. The number of methoxy groups -OCH3 is 1. The zero-order valence-electron chi connectivity index (χ0n) is 22.5. The lowest BCUT2D eigenvalue weighted by Gasteiger charge is -2.24. The number of ether oxygens (including phenoxy) is 1. The Bertz CT molecular complexity index is 1280. The lowest BCUT2D eigenvalue weighted by Crippen LogP contribution is -2.42. The summed E-state index contributed by atoms with van der Waals surface area (Å²) in [6, 6.07) is 16.0. The van der Waals surface area contributed by atoms with Crippen molar-refractivity contribution in [2.45, 2.75) is 51.7 Å². The third-order valence-electron chi connectivity index (χ3n) is 6.34. The minimum Gasteiger partial charge on any atom is -0.497 e. The van der Waals surface area contributed by atoms with Crippen molar-refractivity contribution in [3.8, 4) is 11.4 Å². The summed E-state index contributed by atoms with van der Waals surface area (Å²) < 4.78 is 7.19. The standard InChI is InChI=1S/C29H36N4O3S/c1-7-15-30-23(34)17-32-24(35)18-37-26(20-10-8-9-19(2)16-20)25-27(29(3,4)5)31-33(28(25)32)21-11-13-22(36-6)14-12-21/h8-14,16,26H,7,15,17-18H2,1-6H3,(H,30,34). The van der Waals surface area contributed by atoms with Crippen LogP contribution in [0.25, 0.3) is 5.69 Å². The molecule has 2 heterocycles. The summed E-state index contributed by atoms with van der Waals surface area (Å²) in [5.41, 5.74) is 4.67. The van der Waals surface area contributed by atoms with Gasteiger partial charge in [0.05, 0.1) is 29.5 Å². The molecule has 1 N–H and O–H groups in total. The third kappa shape index (κ3) is 5.69. The van der Waals surface area contributed by atoms with Crippen LogP contribution in [0.2, 0.25) is 0 Å². The highest BCUT2D eigenvalue weighted by Gasteiger charge is 2.39. The van der Waals surface area contributed by atoms with Crippen molar-refractivity contribution in [3.05, 3.63) is 70.9 Å². The summed E-state index contributed by atoms with van der Waals surface area (Å²) in [6.07, 6.45) is 0.828. The van der Waals surface area contributed by atoms with E-state index >= 15 is 0 Å². The molecule has 0 spiro atoms. The molecule has 8 heteroatoms. The molecule has 0 fully saturated rings. The highest BCUT2D eigenvalue weighted by molar-refractivity contribution is 8.00. The second-order valence-corrected chi connectivity index (χ2v) is 11.5. The Balaban J connectivity index is 1.98. The average molecular weight is 521 g/mol. The Morgan fingerprint density at radius 3 is 2.54 bits per heavy atom. The van der Waals surface area contributed by atoms with E-state index in [0.29, 0.717) is 12.4 Å². The van der Waals surface area contributed by atoms with Gasteiger partial charge in [-0.1, -0.05) is 57.5 Å². The molecule has 1 aliphatic heterocycles.